The first kappa shape index (κ1) is 16.5. The number of carbonyl (C=O) groups excluding carboxylic acids is 1. The zero-order chi connectivity index (χ0) is 15.1. The second-order valence-electron chi connectivity index (χ2n) is 5.14. The second kappa shape index (κ2) is 8.55. The van der Waals surface area contributed by atoms with Crippen LogP contribution < -0.4 is 5.32 Å². The largest absolute Gasteiger partial charge is 0.383 e. The fourth-order valence-electron chi connectivity index (χ4n) is 2.07. The smallest absolute Gasteiger partial charge is 0.233 e. The number of thioether (sulfide) groups is 1. The number of nitrogens with zero attached hydrogens (tertiary/aromatic N) is 3. The summed E-state index contributed by atoms with van der Waals surface area (Å²) in [7, 11) is 1.66. The molecule has 0 radical (unpaired) electrons. The van der Waals surface area contributed by atoms with Crippen LogP contribution in [0.4, 0.5) is 5.13 Å². The number of amides is 1. The molecule has 1 aliphatic heterocycles. The minimum Gasteiger partial charge on any atom is -0.383 e. The van der Waals surface area contributed by atoms with E-state index < -0.39 is 0 Å². The lowest BCUT2D eigenvalue weighted by atomic mass is 9.99. The molecule has 1 amide bonds. The summed E-state index contributed by atoms with van der Waals surface area (Å²) in [5.74, 6) is 1.39. The van der Waals surface area contributed by atoms with E-state index in [1.165, 1.54) is 23.1 Å². The van der Waals surface area contributed by atoms with Crippen LogP contribution in [-0.2, 0) is 9.53 Å². The Labute approximate surface area is 133 Å². The lowest BCUT2D eigenvalue weighted by molar-refractivity contribution is -0.129. The lowest BCUT2D eigenvalue weighted by Gasteiger charge is -2.30. The number of rotatable bonds is 7. The standard InChI is InChI=1S/C13H22N4O2S2/c1-10-3-6-17(7-4-10)11(18)9-20-13-16-15-12(21-13)14-5-8-19-2/h10H,3-9H2,1-2H3,(H,14,15). The molecule has 1 aromatic heterocycles. The van der Waals surface area contributed by atoms with Crippen molar-refractivity contribution in [1.29, 1.82) is 0 Å². The molecule has 21 heavy (non-hydrogen) atoms. The fourth-order valence-corrected chi connectivity index (χ4v) is 3.75. The Balaban J connectivity index is 1.71. The number of likely N-dealkylation sites (tertiary alicyclic amines) is 1. The molecule has 6 nitrogen and oxygen atoms in total. The van der Waals surface area contributed by atoms with Crippen molar-refractivity contribution in [2.24, 2.45) is 5.92 Å². The summed E-state index contributed by atoms with van der Waals surface area (Å²) < 4.78 is 5.79. The Kier molecular flexibility index (Phi) is 6.72. The summed E-state index contributed by atoms with van der Waals surface area (Å²) in [6, 6.07) is 0. The maximum absolute atomic E-state index is 12.1. The van der Waals surface area contributed by atoms with Gasteiger partial charge in [0.1, 0.15) is 0 Å². The van der Waals surface area contributed by atoms with Gasteiger partial charge in [-0.1, -0.05) is 30.0 Å². The molecule has 8 heteroatoms. The van der Waals surface area contributed by atoms with E-state index in [1.54, 1.807) is 7.11 Å². The predicted octanol–water partition coefficient (Wildman–Crippen LogP) is 1.95. The van der Waals surface area contributed by atoms with Gasteiger partial charge in [-0.15, -0.1) is 10.2 Å². The molecule has 1 aliphatic rings. The topological polar surface area (TPSA) is 67.3 Å². The molecule has 0 aliphatic carbocycles. The highest BCUT2D eigenvalue weighted by molar-refractivity contribution is 8.01. The van der Waals surface area contributed by atoms with Crippen molar-refractivity contribution < 1.29 is 9.53 Å². The molecule has 0 aromatic carbocycles. The van der Waals surface area contributed by atoms with E-state index in [0.29, 0.717) is 18.9 Å². The fraction of sp³-hybridized carbons (Fsp3) is 0.769. The van der Waals surface area contributed by atoms with Gasteiger partial charge in [-0.2, -0.15) is 0 Å². The third-order valence-electron chi connectivity index (χ3n) is 3.44. The number of methoxy groups -OCH3 is 1. The normalized spacial score (nSPS) is 16.2. The van der Waals surface area contributed by atoms with Crippen molar-refractivity contribution in [1.82, 2.24) is 15.1 Å². The number of ether oxygens (including phenoxy) is 1. The van der Waals surface area contributed by atoms with Crippen LogP contribution in [0.15, 0.2) is 4.34 Å². The van der Waals surface area contributed by atoms with Crippen molar-refractivity contribution in [2.75, 3.05) is 44.4 Å². The third kappa shape index (κ3) is 5.44. The Morgan fingerprint density at radius 3 is 2.95 bits per heavy atom. The molecule has 0 atom stereocenters. The SMILES string of the molecule is COCCNc1nnc(SCC(=O)N2CCC(C)CC2)s1. The predicted molar refractivity (Wildman–Crippen MR) is 86.0 cm³/mol. The number of piperidine rings is 1. The third-order valence-corrected chi connectivity index (χ3v) is 5.44. The zero-order valence-corrected chi connectivity index (χ0v) is 14.1. The summed E-state index contributed by atoms with van der Waals surface area (Å²) >= 11 is 2.94. The van der Waals surface area contributed by atoms with Gasteiger partial charge >= 0.3 is 0 Å². The number of hydrogen-bond acceptors (Lipinski definition) is 7. The van der Waals surface area contributed by atoms with Gasteiger partial charge in [0.2, 0.25) is 11.0 Å². The van der Waals surface area contributed by atoms with Crippen LogP contribution in [0.5, 0.6) is 0 Å². The Morgan fingerprint density at radius 1 is 1.48 bits per heavy atom. The highest BCUT2D eigenvalue weighted by Crippen LogP contribution is 2.26. The van der Waals surface area contributed by atoms with Crippen LogP contribution in [-0.4, -0.2) is 60.1 Å². The van der Waals surface area contributed by atoms with Gasteiger partial charge in [0.15, 0.2) is 4.34 Å². The molecule has 2 heterocycles. The van der Waals surface area contributed by atoms with Gasteiger partial charge in [0, 0.05) is 26.7 Å². The van der Waals surface area contributed by atoms with Gasteiger partial charge in [0.25, 0.3) is 0 Å². The van der Waals surface area contributed by atoms with Gasteiger partial charge in [-0.3, -0.25) is 4.79 Å². The first-order valence-electron chi connectivity index (χ1n) is 7.16. The molecule has 1 aromatic rings. The minimum absolute atomic E-state index is 0.205. The highest BCUT2D eigenvalue weighted by Gasteiger charge is 2.20. The maximum atomic E-state index is 12.1. The van der Waals surface area contributed by atoms with Crippen LogP contribution in [0.1, 0.15) is 19.8 Å². The number of nitrogens with one attached hydrogen (secondary N) is 1. The van der Waals surface area contributed by atoms with Gasteiger partial charge in [-0.05, 0) is 18.8 Å². The molecular weight excluding hydrogens is 308 g/mol. The number of carbonyl (C=O) groups is 1. The van der Waals surface area contributed by atoms with E-state index >= 15 is 0 Å². The van der Waals surface area contributed by atoms with Crippen LogP contribution in [0.3, 0.4) is 0 Å². The minimum atomic E-state index is 0.205. The molecule has 0 saturated carbocycles. The van der Waals surface area contributed by atoms with Crippen molar-refractivity contribution >= 4 is 34.1 Å². The molecule has 1 saturated heterocycles. The molecular formula is C13H22N4O2S2. The summed E-state index contributed by atoms with van der Waals surface area (Å²) in [4.78, 5) is 14.1. The molecule has 0 bridgehead atoms. The highest BCUT2D eigenvalue weighted by atomic mass is 32.2. The summed E-state index contributed by atoms with van der Waals surface area (Å²) in [5.41, 5.74) is 0. The van der Waals surface area contributed by atoms with E-state index in [0.717, 1.165) is 41.3 Å². The summed E-state index contributed by atoms with van der Waals surface area (Å²) in [6.07, 6.45) is 2.23. The summed E-state index contributed by atoms with van der Waals surface area (Å²) in [6.45, 7) is 5.37. The van der Waals surface area contributed by atoms with E-state index in [-0.39, 0.29) is 5.91 Å². The van der Waals surface area contributed by atoms with Gasteiger partial charge in [-0.25, -0.2) is 0 Å². The average Bonchev–Trinajstić information content (AvgIpc) is 2.94. The maximum Gasteiger partial charge on any atom is 0.233 e. The molecule has 118 valence electrons. The first-order chi connectivity index (χ1) is 10.2. The van der Waals surface area contributed by atoms with Gasteiger partial charge < -0.3 is 15.0 Å². The van der Waals surface area contributed by atoms with Crippen LogP contribution in [0.25, 0.3) is 0 Å². The van der Waals surface area contributed by atoms with E-state index in [9.17, 15) is 4.79 Å². The van der Waals surface area contributed by atoms with Crippen molar-refractivity contribution in [3.63, 3.8) is 0 Å². The van der Waals surface area contributed by atoms with Crippen LogP contribution >= 0.6 is 23.1 Å². The van der Waals surface area contributed by atoms with Crippen LogP contribution in [0, 0.1) is 5.92 Å². The van der Waals surface area contributed by atoms with E-state index in [2.05, 4.69) is 22.4 Å². The molecule has 1 fully saturated rings. The van der Waals surface area contributed by atoms with Gasteiger partial charge in [0.05, 0.1) is 12.4 Å². The number of aromatic nitrogens is 2. The lowest BCUT2D eigenvalue weighted by Crippen LogP contribution is -2.38. The monoisotopic (exact) mass is 330 g/mol. The zero-order valence-electron chi connectivity index (χ0n) is 12.5. The number of anilines is 1. The number of hydrogen-bond donors (Lipinski definition) is 1. The molecule has 2 rings (SSSR count). The first-order valence-corrected chi connectivity index (χ1v) is 8.96. The van der Waals surface area contributed by atoms with Crippen LogP contribution in [0.2, 0.25) is 0 Å². The quantitative estimate of drug-likeness (QED) is 0.609. The molecule has 0 spiro atoms. The Morgan fingerprint density at radius 2 is 2.24 bits per heavy atom. The van der Waals surface area contributed by atoms with Crippen molar-refractivity contribution in [3.8, 4) is 0 Å². The van der Waals surface area contributed by atoms with E-state index in [1.807, 2.05) is 4.90 Å². The van der Waals surface area contributed by atoms with E-state index in [4.69, 9.17) is 4.74 Å². The Bertz CT molecular complexity index is 447. The molecule has 0 unspecified atom stereocenters. The second-order valence-corrected chi connectivity index (χ2v) is 7.34. The Hall–Kier alpha value is -0.860. The average molecular weight is 330 g/mol. The summed E-state index contributed by atoms with van der Waals surface area (Å²) in [5, 5.41) is 12.0. The van der Waals surface area contributed by atoms with Crippen molar-refractivity contribution in [3.05, 3.63) is 0 Å². The van der Waals surface area contributed by atoms with Crippen molar-refractivity contribution in [2.45, 2.75) is 24.1 Å². The molecule has 1 N–H and O–H groups in total.